The first-order valence-corrected chi connectivity index (χ1v) is 6.43. The molecule has 0 aliphatic rings. The Morgan fingerprint density at radius 3 is 2.15 bits per heavy atom. The minimum absolute atomic E-state index is 0.273. The number of aryl methyl sites for hydroxylation is 3. The van der Waals surface area contributed by atoms with Gasteiger partial charge in [0.2, 0.25) is 0 Å². The first-order chi connectivity index (χ1) is 9.36. The molecular formula is C16H17N3O. The van der Waals surface area contributed by atoms with Crippen molar-refractivity contribution in [2.45, 2.75) is 27.7 Å². The number of nitriles is 1. The monoisotopic (exact) mass is 267 g/mol. The summed E-state index contributed by atoms with van der Waals surface area (Å²) in [6.07, 6.45) is 0. The second-order valence-electron chi connectivity index (χ2n) is 5.12. The molecule has 0 amide bonds. The topological polar surface area (TPSA) is 58.7 Å². The third-order valence-electron chi connectivity index (χ3n) is 3.82. The highest BCUT2D eigenvalue weighted by molar-refractivity contribution is 5.74. The molecule has 0 bridgehead atoms. The Morgan fingerprint density at radius 2 is 1.65 bits per heavy atom. The van der Waals surface area contributed by atoms with Crippen LogP contribution in [0.15, 0.2) is 16.9 Å². The molecule has 0 N–H and O–H groups in total. The molecule has 1 aromatic carbocycles. The van der Waals surface area contributed by atoms with E-state index in [0.717, 1.165) is 27.8 Å². The molecule has 4 heteroatoms. The van der Waals surface area contributed by atoms with Crippen molar-refractivity contribution in [2.75, 3.05) is 0 Å². The Labute approximate surface area is 118 Å². The molecule has 0 spiro atoms. The predicted octanol–water partition coefficient (Wildman–Crippen LogP) is 2.55. The van der Waals surface area contributed by atoms with Crippen LogP contribution in [-0.4, -0.2) is 9.78 Å². The van der Waals surface area contributed by atoms with Crippen LogP contribution in [0.4, 0.5) is 0 Å². The maximum atomic E-state index is 11.6. The van der Waals surface area contributed by atoms with Gasteiger partial charge in [0.25, 0.3) is 5.56 Å². The van der Waals surface area contributed by atoms with E-state index in [-0.39, 0.29) is 5.56 Å². The van der Waals surface area contributed by atoms with Crippen molar-refractivity contribution in [2.24, 2.45) is 7.05 Å². The quantitative estimate of drug-likeness (QED) is 0.797. The summed E-state index contributed by atoms with van der Waals surface area (Å²) in [5, 5.41) is 13.6. The van der Waals surface area contributed by atoms with Gasteiger partial charge in [0.05, 0.1) is 5.56 Å². The molecule has 0 aliphatic carbocycles. The smallest absolute Gasteiger partial charge is 0.267 e. The maximum absolute atomic E-state index is 11.6. The number of nitrogens with zero attached hydrogens (tertiary/aromatic N) is 3. The highest BCUT2D eigenvalue weighted by atomic mass is 16.1. The van der Waals surface area contributed by atoms with Gasteiger partial charge in [-0.05, 0) is 49.9 Å². The predicted molar refractivity (Wildman–Crippen MR) is 78.6 cm³/mol. The lowest BCUT2D eigenvalue weighted by atomic mass is 9.91. The van der Waals surface area contributed by atoms with Gasteiger partial charge in [0, 0.05) is 18.7 Å². The van der Waals surface area contributed by atoms with Crippen LogP contribution in [-0.2, 0) is 7.05 Å². The summed E-state index contributed by atoms with van der Waals surface area (Å²) in [5.41, 5.74) is 6.08. The molecule has 0 radical (unpaired) electrons. The molecule has 0 saturated carbocycles. The summed E-state index contributed by atoms with van der Waals surface area (Å²) >= 11 is 0. The number of hydrogen-bond acceptors (Lipinski definition) is 3. The largest absolute Gasteiger partial charge is 0.268 e. The Kier molecular flexibility index (Phi) is 3.46. The van der Waals surface area contributed by atoms with Crippen LogP contribution in [0.3, 0.4) is 0 Å². The molecule has 2 aromatic rings. The first-order valence-electron chi connectivity index (χ1n) is 6.43. The van der Waals surface area contributed by atoms with Crippen LogP contribution in [0.1, 0.15) is 27.8 Å². The molecule has 0 unspecified atom stereocenters. The number of hydrogen-bond donors (Lipinski definition) is 0. The highest BCUT2D eigenvalue weighted by Gasteiger charge is 2.16. The normalized spacial score (nSPS) is 10.4. The van der Waals surface area contributed by atoms with Gasteiger partial charge in [-0.2, -0.15) is 10.4 Å². The fourth-order valence-electron chi connectivity index (χ4n) is 2.38. The average molecular weight is 267 g/mol. The number of benzene rings is 1. The van der Waals surface area contributed by atoms with E-state index in [2.05, 4.69) is 17.2 Å². The lowest BCUT2D eigenvalue weighted by Gasteiger charge is -2.16. The molecule has 1 heterocycles. The zero-order valence-electron chi connectivity index (χ0n) is 12.4. The van der Waals surface area contributed by atoms with E-state index < -0.39 is 0 Å². The third-order valence-corrected chi connectivity index (χ3v) is 3.82. The standard InChI is InChI=1S/C16H17N3O/c1-9-6-10(2)12(4)15(11(9)3)16-13(8-17)7-14(20)19(5)18-16/h6-7H,1-5H3. The number of aromatic nitrogens is 2. The zero-order chi connectivity index (χ0) is 15.0. The van der Waals surface area contributed by atoms with Gasteiger partial charge in [-0.3, -0.25) is 4.79 Å². The van der Waals surface area contributed by atoms with Crippen LogP contribution >= 0.6 is 0 Å². The molecule has 2 rings (SSSR count). The van der Waals surface area contributed by atoms with Crippen LogP contribution in [0.25, 0.3) is 11.3 Å². The van der Waals surface area contributed by atoms with Crippen molar-refractivity contribution in [3.63, 3.8) is 0 Å². The maximum Gasteiger partial charge on any atom is 0.267 e. The van der Waals surface area contributed by atoms with Gasteiger partial charge < -0.3 is 0 Å². The fraction of sp³-hybridized carbons (Fsp3) is 0.312. The van der Waals surface area contributed by atoms with Crippen molar-refractivity contribution >= 4 is 0 Å². The summed E-state index contributed by atoms with van der Waals surface area (Å²) < 4.78 is 1.27. The van der Waals surface area contributed by atoms with Gasteiger partial charge >= 0.3 is 0 Å². The van der Waals surface area contributed by atoms with Crippen molar-refractivity contribution in [3.05, 3.63) is 50.3 Å². The van der Waals surface area contributed by atoms with Crippen LogP contribution in [0.5, 0.6) is 0 Å². The molecule has 0 aliphatic heterocycles. The van der Waals surface area contributed by atoms with Gasteiger partial charge in [0.15, 0.2) is 0 Å². The second-order valence-corrected chi connectivity index (χ2v) is 5.12. The third kappa shape index (κ3) is 2.12. The van der Waals surface area contributed by atoms with E-state index >= 15 is 0 Å². The summed E-state index contributed by atoms with van der Waals surface area (Å²) in [6, 6.07) is 5.55. The molecule has 0 saturated heterocycles. The highest BCUT2D eigenvalue weighted by Crippen LogP contribution is 2.31. The summed E-state index contributed by atoms with van der Waals surface area (Å²) in [6.45, 7) is 8.12. The lowest BCUT2D eigenvalue weighted by molar-refractivity contribution is 0.710. The van der Waals surface area contributed by atoms with Crippen molar-refractivity contribution in [3.8, 4) is 17.3 Å². The first kappa shape index (κ1) is 14.0. The van der Waals surface area contributed by atoms with Crippen molar-refractivity contribution < 1.29 is 0 Å². The Hall–Kier alpha value is -2.41. The molecule has 4 nitrogen and oxygen atoms in total. The van der Waals surface area contributed by atoms with Crippen molar-refractivity contribution in [1.82, 2.24) is 9.78 Å². The molecule has 0 atom stereocenters. The second kappa shape index (κ2) is 4.93. The van der Waals surface area contributed by atoms with E-state index in [1.165, 1.54) is 10.7 Å². The van der Waals surface area contributed by atoms with E-state index in [9.17, 15) is 10.1 Å². The van der Waals surface area contributed by atoms with Crippen LogP contribution in [0, 0.1) is 39.0 Å². The van der Waals surface area contributed by atoms with Crippen LogP contribution in [0.2, 0.25) is 0 Å². The molecule has 102 valence electrons. The zero-order valence-corrected chi connectivity index (χ0v) is 12.4. The van der Waals surface area contributed by atoms with Gasteiger partial charge in [-0.15, -0.1) is 0 Å². The van der Waals surface area contributed by atoms with Gasteiger partial charge in [-0.25, -0.2) is 4.68 Å². The fourth-order valence-corrected chi connectivity index (χ4v) is 2.38. The lowest BCUT2D eigenvalue weighted by Crippen LogP contribution is -2.20. The Morgan fingerprint density at radius 1 is 1.10 bits per heavy atom. The Balaban J connectivity index is 2.92. The molecule has 20 heavy (non-hydrogen) atoms. The summed E-state index contributed by atoms with van der Waals surface area (Å²) in [7, 11) is 1.60. The van der Waals surface area contributed by atoms with E-state index in [0.29, 0.717) is 11.3 Å². The van der Waals surface area contributed by atoms with E-state index in [1.807, 2.05) is 27.7 Å². The van der Waals surface area contributed by atoms with E-state index in [1.54, 1.807) is 7.05 Å². The molecular weight excluding hydrogens is 250 g/mol. The average Bonchev–Trinajstić information content (AvgIpc) is 2.40. The molecule has 1 aromatic heterocycles. The minimum atomic E-state index is -0.273. The van der Waals surface area contributed by atoms with Gasteiger partial charge in [0.1, 0.15) is 11.8 Å². The Bertz CT molecular complexity index is 769. The summed E-state index contributed by atoms with van der Waals surface area (Å²) in [4.78, 5) is 11.6. The van der Waals surface area contributed by atoms with Crippen molar-refractivity contribution in [1.29, 1.82) is 5.26 Å². The van der Waals surface area contributed by atoms with E-state index in [4.69, 9.17) is 0 Å². The summed E-state index contributed by atoms with van der Waals surface area (Å²) in [5.74, 6) is 0. The minimum Gasteiger partial charge on any atom is -0.268 e. The van der Waals surface area contributed by atoms with Crippen LogP contribution < -0.4 is 5.56 Å². The van der Waals surface area contributed by atoms with Gasteiger partial charge in [-0.1, -0.05) is 6.07 Å². The number of rotatable bonds is 1. The molecule has 0 fully saturated rings. The SMILES string of the molecule is Cc1cc(C)c(C)c(-c2nn(C)c(=O)cc2C#N)c1C.